The molecule has 0 heterocycles. The van der Waals surface area contributed by atoms with Crippen LogP contribution in [0.25, 0.3) is 0 Å². The van der Waals surface area contributed by atoms with Gasteiger partial charge in [0.25, 0.3) is 0 Å². The summed E-state index contributed by atoms with van der Waals surface area (Å²) in [7, 11) is 0. The fraction of sp³-hybridized carbons (Fsp3) is 0.368. The van der Waals surface area contributed by atoms with E-state index >= 15 is 0 Å². The van der Waals surface area contributed by atoms with Gasteiger partial charge in [0.05, 0.1) is 6.10 Å². The maximum absolute atomic E-state index is 10.5. The van der Waals surface area contributed by atoms with Crippen molar-refractivity contribution in [2.75, 3.05) is 0 Å². The van der Waals surface area contributed by atoms with Crippen LogP contribution >= 0.6 is 0 Å². The zero-order valence-electron chi connectivity index (χ0n) is 12.6. The molecule has 2 aromatic carbocycles. The molecule has 2 aromatic rings. The van der Waals surface area contributed by atoms with E-state index < -0.39 is 6.10 Å². The van der Waals surface area contributed by atoms with E-state index in [9.17, 15) is 5.11 Å². The second kappa shape index (κ2) is 6.71. The van der Waals surface area contributed by atoms with E-state index in [4.69, 9.17) is 0 Å². The summed E-state index contributed by atoms with van der Waals surface area (Å²) in [4.78, 5) is 0. The monoisotopic (exact) mass is 268 g/mol. The Morgan fingerprint density at radius 1 is 0.800 bits per heavy atom. The van der Waals surface area contributed by atoms with Crippen LogP contribution in [0.2, 0.25) is 0 Å². The van der Waals surface area contributed by atoms with E-state index in [1.165, 1.54) is 11.1 Å². The number of hydrogen-bond acceptors (Lipinski definition) is 1. The summed E-state index contributed by atoms with van der Waals surface area (Å²) in [6, 6.07) is 18.6. The van der Waals surface area contributed by atoms with Crippen molar-refractivity contribution in [3.63, 3.8) is 0 Å². The Morgan fingerprint density at radius 2 is 1.40 bits per heavy atom. The molecule has 0 saturated heterocycles. The molecule has 106 valence electrons. The summed E-state index contributed by atoms with van der Waals surface area (Å²) >= 11 is 0. The highest BCUT2D eigenvalue weighted by molar-refractivity contribution is 5.28. The summed E-state index contributed by atoms with van der Waals surface area (Å²) in [6.45, 7) is 6.52. The van der Waals surface area contributed by atoms with Crippen LogP contribution in [-0.4, -0.2) is 5.11 Å². The molecule has 0 amide bonds. The van der Waals surface area contributed by atoms with Crippen LogP contribution in [0.3, 0.4) is 0 Å². The lowest BCUT2D eigenvalue weighted by Crippen LogP contribution is -2.07. The molecule has 2 atom stereocenters. The molecule has 0 radical (unpaired) electrons. The Hall–Kier alpha value is -1.60. The molecule has 20 heavy (non-hydrogen) atoms. The number of hydrogen-bond donors (Lipinski definition) is 1. The van der Waals surface area contributed by atoms with Crippen LogP contribution in [0.5, 0.6) is 0 Å². The molecule has 1 nitrogen and oxygen atoms in total. The zero-order chi connectivity index (χ0) is 14.5. The molecule has 0 aliphatic carbocycles. The first-order valence-corrected chi connectivity index (χ1v) is 7.39. The molecule has 1 heteroatoms. The molecule has 0 saturated carbocycles. The first kappa shape index (κ1) is 14.8. The van der Waals surface area contributed by atoms with Crippen LogP contribution in [0.4, 0.5) is 0 Å². The summed E-state index contributed by atoms with van der Waals surface area (Å²) in [6.07, 6.45) is 0.635. The van der Waals surface area contributed by atoms with E-state index in [0.717, 1.165) is 12.0 Å². The topological polar surface area (TPSA) is 20.2 Å². The minimum absolute atomic E-state index is 0.104. The number of rotatable bonds is 5. The van der Waals surface area contributed by atoms with E-state index in [-0.39, 0.29) is 5.92 Å². The highest BCUT2D eigenvalue weighted by atomic mass is 16.3. The van der Waals surface area contributed by atoms with E-state index in [2.05, 4.69) is 57.2 Å². The molecule has 2 unspecified atom stereocenters. The van der Waals surface area contributed by atoms with Gasteiger partial charge >= 0.3 is 0 Å². The van der Waals surface area contributed by atoms with Gasteiger partial charge in [-0.1, -0.05) is 75.4 Å². The average Bonchev–Trinajstić information content (AvgIpc) is 2.47. The van der Waals surface area contributed by atoms with E-state index in [0.29, 0.717) is 5.92 Å². The first-order valence-electron chi connectivity index (χ1n) is 7.39. The van der Waals surface area contributed by atoms with E-state index in [1.54, 1.807) is 0 Å². The van der Waals surface area contributed by atoms with Crippen LogP contribution in [-0.2, 0) is 6.42 Å². The lowest BCUT2D eigenvalue weighted by atomic mass is 9.90. The predicted molar refractivity (Wildman–Crippen MR) is 84.8 cm³/mol. The number of benzene rings is 2. The standard InChI is InChI=1S/C19H24O/c1-14(2)13-16-9-11-18(12-10-16)19(20)15(3)17-7-5-4-6-8-17/h4-12,14-15,19-20H,13H2,1-3H3. The minimum atomic E-state index is -0.453. The molecule has 2 rings (SSSR count). The Kier molecular flexibility index (Phi) is 4.97. The van der Waals surface area contributed by atoms with Gasteiger partial charge < -0.3 is 5.11 Å². The maximum atomic E-state index is 10.5. The fourth-order valence-electron chi connectivity index (χ4n) is 2.55. The lowest BCUT2D eigenvalue weighted by Gasteiger charge is -2.20. The van der Waals surface area contributed by atoms with Crippen molar-refractivity contribution in [1.82, 2.24) is 0 Å². The first-order chi connectivity index (χ1) is 9.58. The van der Waals surface area contributed by atoms with Gasteiger partial charge in [-0.2, -0.15) is 0 Å². The largest absolute Gasteiger partial charge is 0.388 e. The Balaban J connectivity index is 2.11. The predicted octanol–water partition coefficient (Wildman–Crippen LogP) is 4.72. The van der Waals surface area contributed by atoms with Gasteiger partial charge in [-0.05, 0) is 29.0 Å². The summed E-state index contributed by atoms with van der Waals surface area (Å²) in [5, 5.41) is 10.5. The van der Waals surface area contributed by atoms with Crippen molar-refractivity contribution in [3.8, 4) is 0 Å². The van der Waals surface area contributed by atoms with Gasteiger partial charge in [-0.25, -0.2) is 0 Å². The Morgan fingerprint density at radius 3 is 1.95 bits per heavy atom. The van der Waals surface area contributed by atoms with Gasteiger partial charge in [0.2, 0.25) is 0 Å². The number of aliphatic hydroxyl groups excluding tert-OH is 1. The third-order valence-electron chi connectivity index (χ3n) is 3.76. The second-order valence-corrected chi connectivity index (χ2v) is 5.98. The molecular weight excluding hydrogens is 244 g/mol. The van der Waals surface area contributed by atoms with Gasteiger partial charge in [-0.15, -0.1) is 0 Å². The smallest absolute Gasteiger partial charge is 0.0855 e. The van der Waals surface area contributed by atoms with Crippen LogP contribution in [0.15, 0.2) is 54.6 Å². The highest BCUT2D eigenvalue weighted by Gasteiger charge is 2.17. The summed E-state index contributed by atoms with van der Waals surface area (Å²) in [5.74, 6) is 0.765. The van der Waals surface area contributed by atoms with Gasteiger partial charge in [-0.3, -0.25) is 0 Å². The molecule has 0 bridgehead atoms. The highest BCUT2D eigenvalue weighted by Crippen LogP contribution is 2.30. The zero-order valence-corrected chi connectivity index (χ0v) is 12.6. The normalized spacial score (nSPS) is 14.2. The summed E-state index contributed by atoms with van der Waals surface area (Å²) in [5.41, 5.74) is 3.50. The van der Waals surface area contributed by atoms with Crippen LogP contribution in [0.1, 0.15) is 49.5 Å². The minimum Gasteiger partial charge on any atom is -0.388 e. The van der Waals surface area contributed by atoms with Crippen LogP contribution in [0, 0.1) is 5.92 Å². The Labute approximate surface area is 122 Å². The van der Waals surface area contributed by atoms with Gasteiger partial charge in [0, 0.05) is 5.92 Å². The molecule has 0 aliphatic heterocycles. The summed E-state index contributed by atoms with van der Waals surface area (Å²) < 4.78 is 0. The molecule has 0 aromatic heterocycles. The maximum Gasteiger partial charge on any atom is 0.0855 e. The second-order valence-electron chi connectivity index (χ2n) is 5.98. The van der Waals surface area contributed by atoms with Crippen molar-refractivity contribution >= 4 is 0 Å². The lowest BCUT2D eigenvalue weighted by molar-refractivity contribution is 0.151. The molecule has 0 aliphatic rings. The van der Waals surface area contributed by atoms with Crippen molar-refractivity contribution < 1.29 is 5.11 Å². The van der Waals surface area contributed by atoms with Gasteiger partial charge in [0.15, 0.2) is 0 Å². The Bertz CT molecular complexity index is 513. The fourth-order valence-corrected chi connectivity index (χ4v) is 2.55. The van der Waals surface area contributed by atoms with Crippen LogP contribution < -0.4 is 0 Å². The molecule has 0 spiro atoms. The molecular formula is C19H24O. The quantitative estimate of drug-likeness (QED) is 0.831. The molecule has 1 N–H and O–H groups in total. The SMILES string of the molecule is CC(C)Cc1ccc(C(O)C(C)c2ccccc2)cc1. The van der Waals surface area contributed by atoms with Crippen molar-refractivity contribution in [3.05, 3.63) is 71.3 Å². The third-order valence-corrected chi connectivity index (χ3v) is 3.76. The number of aliphatic hydroxyl groups is 1. The third kappa shape index (κ3) is 3.71. The van der Waals surface area contributed by atoms with Crippen molar-refractivity contribution in [1.29, 1.82) is 0 Å². The van der Waals surface area contributed by atoms with Gasteiger partial charge in [0.1, 0.15) is 0 Å². The molecule has 0 fully saturated rings. The van der Waals surface area contributed by atoms with Crippen molar-refractivity contribution in [2.45, 2.75) is 39.2 Å². The van der Waals surface area contributed by atoms with Crippen molar-refractivity contribution in [2.24, 2.45) is 5.92 Å². The average molecular weight is 268 g/mol. The van der Waals surface area contributed by atoms with E-state index in [1.807, 2.05) is 18.2 Å².